The van der Waals surface area contributed by atoms with Crippen molar-refractivity contribution in [2.45, 2.75) is 31.7 Å². The van der Waals surface area contributed by atoms with E-state index in [1.54, 1.807) is 0 Å². The zero-order valence-corrected chi connectivity index (χ0v) is 19.4. The number of amides is 2. The highest BCUT2D eigenvalue weighted by Crippen LogP contribution is 2.44. The van der Waals surface area contributed by atoms with E-state index in [9.17, 15) is 19.5 Å². The summed E-state index contributed by atoms with van der Waals surface area (Å²) in [6, 6.07) is 23.2. The number of rotatable bonds is 9. The van der Waals surface area contributed by atoms with Crippen LogP contribution in [0.15, 0.2) is 72.8 Å². The van der Waals surface area contributed by atoms with E-state index in [0.29, 0.717) is 0 Å². The number of hydrogen-bond donors (Lipinski definition) is 3. The van der Waals surface area contributed by atoms with Crippen LogP contribution < -0.4 is 11.1 Å². The molecule has 2 atom stereocenters. The maximum Gasteiger partial charge on any atom is 0.407 e. The molecular formula is C28H28N2O5. The van der Waals surface area contributed by atoms with Gasteiger partial charge in [-0.15, -0.1) is 0 Å². The number of aryl methyl sites for hydroxylation is 1. The van der Waals surface area contributed by atoms with Gasteiger partial charge in [0.1, 0.15) is 12.5 Å². The fraction of sp³-hybridized carbons (Fsp3) is 0.250. The number of hydrogen-bond acceptors (Lipinski definition) is 4. The first kappa shape index (κ1) is 24.0. The van der Waals surface area contributed by atoms with Crippen LogP contribution in [-0.4, -0.2) is 29.7 Å². The lowest BCUT2D eigenvalue weighted by Crippen LogP contribution is -2.33. The van der Waals surface area contributed by atoms with Crippen LogP contribution in [0.25, 0.3) is 11.1 Å². The maximum atomic E-state index is 12.8. The number of carbonyl (C=O) groups excluding carboxylic acids is 2. The highest BCUT2D eigenvalue weighted by molar-refractivity contribution is 5.95. The van der Waals surface area contributed by atoms with Crippen LogP contribution in [0.1, 0.15) is 47.1 Å². The molecule has 1 aliphatic carbocycles. The van der Waals surface area contributed by atoms with Gasteiger partial charge in [-0.05, 0) is 47.6 Å². The second-order valence-corrected chi connectivity index (χ2v) is 8.80. The van der Waals surface area contributed by atoms with E-state index in [4.69, 9.17) is 10.5 Å². The molecule has 0 radical (unpaired) electrons. The Kier molecular flexibility index (Phi) is 7.15. The predicted octanol–water partition coefficient (Wildman–Crippen LogP) is 4.54. The van der Waals surface area contributed by atoms with Gasteiger partial charge in [0.05, 0.1) is 6.04 Å². The molecule has 4 rings (SSSR count). The van der Waals surface area contributed by atoms with Gasteiger partial charge in [-0.3, -0.25) is 9.59 Å². The second-order valence-electron chi connectivity index (χ2n) is 8.80. The standard InChI is InChI=1S/C28H28N2O5/c1-17-10-12-18(13-11-17)25(15-14-23(26(29)31)27(32)33)30-28(34)35-16-24-21-8-4-2-6-19(21)20-7-3-5-9-22(20)24/h2-13,23-25H,14-16H2,1H3,(H2,29,31)(H,30,34)(H,32,33)/t23-,25?/m0/s1. The third-order valence-electron chi connectivity index (χ3n) is 6.50. The number of carboxylic acids is 1. The summed E-state index contributed by atoms with van der Waals surface area (Å²) in [6.45, 7) is 2.12. The smallest absolute Gasteiger partial charge is 0.407 e. The molecule has 0 spiro atoms. The van der Waals surface area contributed by atoms with Crippen LogP contribution in [0.3, 0.4) is 0 Å². The predicted molar refractivity (Wildman–Crippen MR) is 132 cm³/mol. The van der Waals surface area contributed by atoms with E-state index < -0.39 is 29.9 Å². The van der Waals surface area contributed by atoms with Gasteiger partial charge < -0.3 is 20.9 Å². The van der Waals surface area contributed by atoms with Crippen LogP contribution in [0.2, 0.25) is 0 Å². The summed E-state index contributed by atoms with van der Waals surface area (Å²) in [5.74, 6) is -3.58. The number of nitrogens with two attached hydrogens (primary N) is 1. The molecule has 4 N–H and O–H groups in total. The molecule has 2 amide bonds. The minimum atomic E-state index is -1.33. The van der Waals surface area contributed by atoms with Gasteiger partial charge in [-0.2, -0.15) is 0 Å². The van der Waals surface area contributed by atoms with Gasteiger partial charge in [0, 0.05) is 5.92 Å². The molecule has 1 aliphatic rings. The molecule has 3 aromatic carbocycles. The van der Waals surface area contributed by atoms with Gasteiger partial charge in [0.15, 0.2) is 0 Å². The first-order valence-electron chi connectivity index (χ1n) is 11.6. The molecular weight excluding hydrogens is 444 g/mol. The molecule has 180 valence electrons. The lowest BCUT2D eigenvalue weighted by molar-refractivity contribution is -0.146. The number of carboxylic acid groups (broad SMARTS) is 1. The van der Waals surface area contributed by atoms with Crippen LogP contribution >= 0.6 is 0 Å². The largest absolute Gasteiger partial charge is 0.481 e. The SMILES string of the molecule is Cc1ccc(C(CC[C@@H](C(N)=O)C(=O)O)NC(=O)OCC2c3ccccc3-c3ccccc32)cc1. The Labute approximate surface area is 203 Å². The number of nitrogens with one attached hydrogen (secondary N) is 1. The summed E-state index contributed by atoms with van der Waals surface area (Å²) in [7, 11) is 0. The van der Waals surface area contributed by atoms with E-state index in [-0.39, 0.29) is 25.4 Å². The van der Waals surface area contributed by atoms with Crippen molar-refractivity contribution in [2.24, 2.45) is 11.7 Å². The van der Waals surface area contributed by atoms with Crippen molar-refractivity contribution in [1.82, 2.24) is 5.32 Å². The molecule has 35 heavy (non-hydrogen) atoms. The maximum absolute atomic E-state index is 12.8. The summed E-state index contributed by atoms with van der Waals surface area (Å²) >= 11 is 0. The van der Waals surface area contributed by atoms with Gasteiger partial charge in [0.2, 0.25) is 5.91 Å². The lowest BCUT2D eigenvalue weighted by atomic mass is 9.95. The van der Waals surface area contributed by atoms with E-state index in [2.05, 4.69) is 17.4 Å². The van der Waals surface area contributed by atoms with Crippen molar-refractivity contribution in [1.29, 1.82) is 0 Å². The van der Waals surface area contributed by atoms with Crippen molar-refractivity contribution >= 4 is 18.0 Å². The van der Waals surface area contributed by atoms with Crippen molar-refractivity contribution in [3.8, 4) is 11.1 Å². The fourth-order valence-electron chi connectivity index (χ4n) is 4.62. The first-order chi connectivity index (χ1) is 16.8. The van der Waals surface area contributed by atoms with Crippen LogP contribution in [0.4, 0.5) is 4.79 Å². The molecule has 1 unspecified atom stereocenters. The summed E-state index contributed by atoms with van der Waals surface area (Å²) in [5, 5.41) is 12.1. The van der Waals surface area contributed by atoms with E-state index >= 15 is 0 Å². The lowest BCUT2D eigenvalue weighted by Gasteiger charge is -2.21. The number of aliphatic carboxylic acids is 1. The molecule has 0 saturated carbocycles. The van der Waals surface area contributed by atoms with Crippen molar-refractivity contribution in [2.75, 3.05) is 6.61 Å². The molecule has 0 aromatic heterocycles. The van der Waals surface area contributed by atoms with Gasteiger partial charge in [-0.25, -0.2) is 4.79 Å². The van der Waals surface area contributed by atoms with E-state index in [0.717, 1.165) is 33.4 Å². The summed E-state index contributed by atoms with van der Waals surface area (Å²) < 4.78 is 5.66. The molecule has 7 nitrogen and oxygen atoms in total. The Hall–Kier alpha value is -4.13. The quantitative estimate of drug-likeness (QED) is 0.395. The third kappa shape index (κ3) is 5.35. The molecule has 0 fully saturated rings. The Morgan fingerprint density at radius 3 is 2.03 bits per heavy atom. The molecule has 3 aromatic rings. The number of alkyl carbamates (subject to hydrolysis) is 1. The van der Waals surface area contributed by atoms with Gasteiger partial charge >= 0.3 is 12.1 Å². The van der Waals surface area contributed by atoms with Gasteiger partial charge in [0.25, 0.3) is 0 Å². The molecule has 0 aliphatic heterocycles. The zero-order valence-electron chi connectivity index (χ0n) is 19.4. The Morgan fingerprint density at radius 2 is 1.49 bits per heavy atom. The monoisotopic (exact) mass is 472 g/mol. The third-order valence-corrected chi connectivity index (χ3v) is 6.50. The first-order valence-corrected chi connectivity index (χ1v) is 11.6. The molecule has 0 bridgehead atoms. The minimum absolute atomic E-state index is 0.00708. The minimum Gasteiger partial charge on any atom is -0.481 e. The van der Waals surface area contributed by atoms with Crippen molar-refractivity contribution in [3.05, 3.63) is 95.1 Å². The normalized spacial score (nSPS) is 13.9. The highest BCUT2D eigenvalue weighted by Gasteiger charge is 2.30. The number of benzene rings is 3. The Morgan fingerprint density at radius 1 is 0.914 bits per heavy atom. The highest BCUT2D eigenvalue weighted by atomic mass is 16.5. The van der Waals surface area contributed by atoms with Crippen molar-refractivity contribution < 1.29 is 24.2 Å². The number of ether oxygens (including phenoxy) is 1. The van der Waals surface area contributed by atoms with Gasteiger partial charge in [-0.1, -0.05) is 78.4 Å². The van der Waals surface area contributed by atoms with Crippen LogP contribution in [0, 0.1) is 12.8 Å². The van der Waals surface area contributed by atoms with Crippen molar-refractivity contribution in [3.63, 3.8) is 0 Å². The number of fused-ring (bicyclic) bond motifs is 3. The van der Waals surface area contributed by atoms with Crippen LogP contribution in [-0.2, 0) is 14.3 Å². The molecule has 7 heteroatoms. The fourth-order valence-corrected chi connectivity index (χ4v) is 4.62. The molecule has 0 saturated heterocycles. The summed E-state index contributed by atoms with van der Waals surface area (Å²) in [6.07, 6.45) is -0.400. The Bertz CT molecular complexity index is 1180. The Balaban J connectivity index is 1.47. The average molecular weight is 473 g/mol. The summed E-state index contributed by atoms with van der Waals surface area (Å²) in [4.78, 5) is 35.8. The van der Waals surface area contributed by atoms with E-state index in [1.165, 1.54) is 0 Å². The van der Waals surface area contributed by atoms with Crippen LogP contribution in [0.5, 0.6) is 0 Å². The average Bonchev–Trinajstić information content (AvgIpc) is 3.16. The summed E-state index contributed by atoms with van der Waals surface area (Å²) in [5.41, 5.74) is 11.6. The zero-order chi connectivity index (χ0) is 24.9. The topological polar surface area (TPSA) is 119 Å². The second kappa shape index (κ2) is 10.4. The number of primary amides is 1. The number of carbonyl (C=O) groups is 3. The molecule has 0 heterocycles. The van der Waals surface area contributed by atoms with E-state index in [1.807, 2.05) is 67.6 Å².